The lowest BCUT2D eigenvalue weighted by Crippen LogP contribution is -2.40. The summed E-state index contributed by atoms with van der Waals surface area (Å²) in [6, 6.07) is 11.5. The molecule has 0 saturated carbocycles. The molecular weight excluding hydrogens is 284 g/mol. The van der Waals surface area contributed by atoms with E-state index in [9.17, 15) is 9.90 Å². The second-order valence-electron chi connectivity index (χ2n) is 4.86. The van der Waals surface area contributed by atoms with Crippen molar-refractivity contribution in [3.63, 3.8) is 0 Å². The predicted molar refractivity (Wildman–Crippen MR) is 85.6 cm³/mol. The van der Waals surface area contributed by atoms with E-state index in [1.54, 1.807) is 11.3 Å². The first kappa shape index (κ1) is 15.5. The van der Waals surface area contributed by atoms with Crippen LogP contribution in [0.4, 0.5) is 4.79 Å². The standard InChI is InChI=1S/C16H20N2O2S/c19-15(10-13-4-2-1-3-5-13)11-18-16(20)17-8-6-14-7-9-21-12-14/h1-5,7,9,12,15,19H,6,8,10-11H2,(H2,17,18,20). The van der Waals surface area contributed by atoms with Crippen molar-refractivity contribution >= 4 is 17.4 Å². The number of thiophene rings is 1. The first-order chi connectivity index (χ1) is 10.2. The summed E-state index contributed by atoms with van der Waals surface area (Å²) < 4.78 is 0. The van der Waals surface area contributed by atoms with E-state index in [2.05, 4.69) is 16.0 Å². The number of nitrogens with one attached hydrogen (secondary N) is 2. The highest BCUT2D eigenvalue weighted by atomic mass is 32.1. The van der Waals surface area contributed by atoms with Gasteiger partial charge in [-0.1, -0.05) is 30.3 Å². The Morgan fingerprint density at radius 2 is 1.95 bits per heavy atom. The van der Waals surface area contributed by atoms with Gasteiger partial charge < -0.3 is 15.7 Å². The number of amides is 2. The molecular formula is C16H20N2O2S. The fourth-order valence-corrected chi connectivity index (χ4v) is 2.69. The highest BCUT2D eigenvalue weighted by molar-refractivity contribution is 7.07. The van der Waals surface area contributed by atoms with Gasteiger partial charge in [0, 0.05) is 19.5 Å². The van der Waals surface area contributed by atoms with Crippen molar-refractivity contribution in [1.82, 2.24) is 10.6 Å². The van der Waals surface area contributed by atoms with E-state index in [1.807, 2.05) is 41.8 Å². The second-order valence-corrected chi connectivity index (χ2v) is 5.64. The number of rotatable bonds is 7. The van der Waals surface area contributed by atoms with Gasteiger partial charge in [-0.05, 0) is 34.4 Å². The molecule has 3 N–H and O–H groups in total. The van der Waals surface area contributed by atoms with Gasteiger partial charge in [-0.3, -0.25) is 0 Å². The number of carbonyl (C=O) groups is 1. The Morgan fingerprint density at radius 1 is 1.14 bits per heavy atom. The topological polar surface area (TPSA) is 61.4 Å². The third-order valence-corrected chi connectivity index (χ3v) is 3.82. The van der Waals surface area contributed by atoms with Crippen LogP contribution in [-0.2, 0) is 12.8 Å². The van der Waals surface area contributed by atoms with Crippen LogP contribution in [0, 0.1) is 0 Å². The monoisotopic (exact) mass is 304 g/mol. The number of aliphatic hydroxyl groups excluding tert-OH is 1. The SMILES string of the molecule is O=C(NCCc1ccsc1)NCC(O)Cc1ccccc1. The molecule has 1 aromatic heterocycles. The van der Waals surface area contributed by atoms with Crippen molar-refractivity contribution in [1.29, 1.82) is 0 Å². The molecule has 0 radical (unpaired) electrons. The minimum atomic E-state index is -0.574. The molecule has 1 unspecified atom stereocenters. The van der Waals surface area contributed by atoms with Crippen LogP contribution in [0.15, 0.2) is 47.2 Å². The van der Waals surface area contributed by atoms with E-state index in [0.29, 0.717) is 13.0 Å². The maximum absolute atomic E-state index is 11.6. The van der Waals surface area contributed by atoms with Crippen LogP contribution in [0.5, 0.6) is 0 Å². The summed E-state index contributed by atoms with van der Waals surface area (Å²) in [6.45, 7) is 0.844. The van der Waals surface area contributed by atoms with E-state index >= 15 is 0 Å². The normalized spacial score (nSPS) is 11.9. The summed E-state index contributed by atoms with van der Waals surface area (Å²) in [5, 5.41) is 19.5. The van der Waals surface area contributed by atoms with Crippen molar-refractivity contribution in [2.45, 2.75) is 18.9 Å². The fraction of sp³-hybridized carbons (Fsp3) is 0.312. The Kier molecular flexibility index (Phi) is 6.24. The first-order valence-electron chi connectivity index (χ1n) is 6.99. The van der Waals surface area contributed by atoms with Crippen LogP contribution < -0.4 is 10.6 Å². The molecule has 0 fully saturated rings. The zero-order valence-electron chi connectivity index (χ0n) is 11.8. The van der Waals surface area contributed by atoms with Crippen molar-refractivity contribution < 1.29 is 9.90 Å². The van der Waals surface area contributed by atoms with E-state index < -0.39 is 6.10 Å². The lowest BCUT2D eigenvalue weighted by molar-refractivity contribution is 0.170. The summed E-state index contributed by atoms with van der Waals surface area (Å²) in [4.78, 5) is 11.6. The molecule has 2 amide bonds. The molecule has 1 heterocycles. The molecule has 0 bridgehead atoms. The van der Waals surface area contributed by atoms with Gasteiger partial charge in [-0.2, -0.15) is 11.3 Å². The Labute approximate surface area is 128 Å². The van der Waals surface area contributed by atoms with Crippen molar-refractivity contribution in [3.05, 3.63) is 58.3 Å². The predicted octanol–water partition coefficient (Wildman–Crippen LogP) is 2.19. The smallest absolute Gasteiger partial charge is 0.314 e. The molecule has 5 heteroatoms. The summed E-state index contributed by atoms with van der Waals surface area (Å²) in [6.07, 6.45) is 0.787. The van der Waals surface area contributed by atoms with E-state index in [0.717, 1.165) is 12.0 Å². The molecule has 0 spiro atoms. The third kappa shape index (κ3) is 5.97. The molecule has 0 aliphatic rings. The van der Waals surface area contributed by atoms with Gasteiger partial charge in [0.25, 0.3) is 0 Å². The highest BCUT2D eigenvalue weighted by Crippen LogP contribution is 2.05. The lowest BCUT2D eigenvalue weighted by Gasteiger charge is -2.12. The number of benzene rings is 1. The van der Waals surface area contributed by atoms with E-state index in [4.69, 9.17) is 0 Å². The third-order valence-electron chi connectivity index (χ3n) is 3.09. The summed E-state index contributed by atoms with van der Waals surface area (Å²) in [7, 11) is 0. The zero-order chi connectivity index (χ0) is 14.9. The first-order valence-corrected chi connectivity index (χ1v) is 7.93. The van der Waals surface area contributed by atoms with Gasteiger partial charge in [0.05, 0.1) is 6.10 Å². The summed E-state index contributed by atoms with van der Waals surface area (Å²) >= 11 is 1.65. The van der Waals surface area contributed by atoms with Crippen molar-refractivity contribution in [2.75, 3.05) is 13.1 Å². The van der Waals surface area contributed by atoms with Gasteiger partial charge in [-0.25, -0.2) is 4.79 Å². The maximum Gasteiger partial charge on any atom is 0.314 e. The highest BCUT2D eigenvalue weighted by Gasteiger charge is 2.07. The largest absolute Gasteiger partial charge is 0.391 e. The Morgan fingerprint density at radius 3 is 2.67 bits per heavy atom. The number of urea groups is 1. The molecule has 4 nitrogen and oxygen atoms in total. The van der Waals surface area contributed by atoms with Crippen LogP contribution >= 0.6 is 11.3 Å². The van der Waals surface area contributed by atoms with Gasteiger partial charge in [-0.15, -0.1) is 0 Å². The fourth-order valence-electron chi connectivity index (χ4n) is 1.99. The molecule has 0 aliphatic carbocycles. The Balaban J connectivity index is 1.60. The average Bonchev–Trinajstić information content (AvgIpc) is 2.99. The molecule has 1 aromatic carbocycles. The van der Waals surface area contributed by atoms with Gasteiger partial charge in [0.1, 0.15) is 0 Å². The minimum absolute atomic E-state index is 0.239. The quantitative estimate of drug-likeness (QED) is 0.734. The van der Waals surface area contributed by atoms with Gasteiger partial charge in [0.2, 0.25) is 0 Å². The van der Waals surface area contributed by atoms with Crippen molar-refractivity contribution in [3.8, 4) is 0 Å². The van der Waals surface area contributed by atoms with Crippen LogP contribution in [0.1, 0.15) is 11.1 Å². The van der Waals surface area contributed by atoms with Gasteiger partial charge in [0.15, 0.2) is 0 Å². The molecule has 0 aliphatic heterocycles. The Hall–Kier alpha value is -1.85. The molecule has 21 heavy (non-hydrogen) atoms. The van der Waals surface area contributed by atoms with E-state index in [-0.39, 0.29) is 12.6 Å². The van der Waals surface area contributed by atoms with Crippen LogP contribution in [0.2, 0.25) is 0 Å². The van der Waals surface area contributed by atoms with Crippen LogP contribution in [-0.4, -0.2) is 30.3 Å². The van der Waals surface area contributed by atoms with Crippen LogP contribution in [0.25, 0.3) is 0 Å². The number of hydrogen-bond donors (Lipinski definition) is 3. The molecule has 0 saturated heterocycles. The number of hydrogen-bond acceptors (Lipinski definition) is 3. The maximum atomic E-state index is 11.6. The molecule has 2 rings (SSSR count). The van der Waals surface area contributed by atoms with Gasteiger partial charge >= 0.3 is 6.03 Å². The Bertz CT molecular complexity index is 528. The number of aliphatic hydroxyl groups is 1. The molecule has 112 valence electrons. The van der Waals surface area contributed by atoms with E-state index in [1.165, 1.54) is 5.56 Å². The lowest BCUT2D eigenvalue weighted by atomic mass is 10.1. The second kappa shape index (κ2) is 8.44. The molecule has 1 atom stereocenters. The van der Waals surface area contributed by atoms with Crippen molar-refractivity contribution in [2.24, 2.45) is 0 Å². The molecule has 2 aromatic rings. The minimum Gasteiger partial charge on any atom is -0.391 e. The number of carbonyl (C=O) groups excluding carboxylic acids is 1. The average molecular weight is 304 g/mol. The summed E-state index contributed by atoms with van der Waals surface area (Å²) in [5.74, 6) is 0. The van der Waals surface area contributed by atoms with Crippen LogP contribution in [0.3, 0.4) is 0 Å². The summed E-state index contributed by atoms with van der Waals surface area (Å²) in [5.41, 5.74) is 2.29. The zero-order valence-corrected chi connectivity index (χ0v) is 12.6.